The van der Waals surface area contributed by atoms with Gasteiger partial charge in [0.05, 0.1) is 5.02 Å². The number of rotatable bonds is 0. The van der Waals surface area contributed by atoms with Crippen molar-refractivity contribution in [2.75, 3.05) is 0 Å². The lowest BCUT2D eigenvalue weighted by atomic mass is 10.1. The smallest absolute Gasteiger partial charge is 0.189 e. The molecular formula is C10H3BrClFN2O. The van der Waals surface area contributed by atoms with Gasteiger partial charge in [-0.2, -0.15) is 0 Å². The molecule has 0 saturated heterocycles. The molecular weight excluding hydrogens is 298 g/mol. The summed E-state index contributed by atoms with van der Waals surface area (Å²) in [6.07, 6.45) is 0. The number of hydrogen-bond acceptors (Lipinski definition) is 3. The van der Waals surface area contributed by atoms with Crippen LogP contribution in [0.3, 0.4) is 0 Å². The molecule has 80 valence electrons. The standard InChI is InChI=1S/C10H3BrClFN2O/c11-5-3-7-10(14-15-16-7)4-1-2-6(13)9(12)8(4)5/h1-3H. The minimum atomic E-state index is -0.467. The van der Waals surface area contributed by atoms with E-state index in [2.05, 4.69) is 26.3 Å². The summed E-state index contributed by atoms with van der Waals surface area (Å²) in [6.45, 7) is 0. The Kier molecular flexibility index (Phi) is 2.12. The van der Waals surface area contributed by atoms with E-state index in [-0.39, 0.29) is 5.02 Å². The van der Waals surface area contributed by atoms with Crippen molar-refractivity contribution >= 4 is 49.4 Å². The molecule has 3 rings (SSSR count). The Balaban J connectivity index is 2.65. The van der Waals surface area contributed by atoms with E-state index in [1.165, 1.54) is 6.07 Å². The fourth-order valence-electron chi connectivity index (χ4n) is 1.65. The lowest BCUT2D eigenvalue weighted by Gasteiger charge is -2.03. The van der Waals surface area contributed by atoms with Crippen molar-refractivity contribution in [2.24, 2.45) is 0 Å². The zero-order valence-electron chi connectivity index (χ0n) is 7.67. The lowest BCUT2D eigenvalue weighted by molar-refractivity contribution is 0.424. The van der Waals surface area contributed by atoms with E-state index in [0.717, 1.165) is 0 Å². The molecule has 0 aliphatic rings. The molecule has 3 nitrogen and oxygen atoms in total. The van der Waals surface area contributed by atoms with Crippen molar-refractivity contribution in [3.05, 3.63) is 33.5 Å². The second kappa shape index (κ2) is 3.40. The fraction of sp³-hybridized carbons (Fsp3) is 0. The summed E-state index contributed by atoms with van der Waals surface area (Å²) < 4.78 is 18.9. The number of fused-ring (bicyclic) bond motifs is 3. The molecule has 0 fully saturated rings. The summed E-state index contributed by atoms with van der Waals surface area (Å²) in [4.78, 5) is 0. The summed E-state index contributed by atoms with van der Waals surface area (Å²) in [5, 5.41) is 8.65. The second-order valence-corrected chi connectivity index (χ2v) is 4.49. The van der Waals surface area contributed by atoms with Gasteiger partial charge in [0, 0.05) is 26.6 Å². The van der Waals surface area contributed by atoms with Crippen LogP contribution in [0.1, 0.15) is 0 Å². The quantitative estimate of drug-likeness (QED) is 0.631. The molecule has 2 aromatic carbocycles. The molecule has 0 radical (unpaired) electrons. The summed E-state index contributed by atoms with van der Waals surface area (Å²) in [5.74, 6) is -0.467. The van der Waals surface area contributed by atoms with Crippen LogP contribution >= 0.6 is 27.5 Å². The monoisotopic (exact) mass is 300 g/mol. The van der Waals surface area contributed by atoms with Crippen molar-refractivity contribution < 1.29 is 8.91 Å². The van der Waals surface area contributed by atoms with E-state index in [4.69, 9.17) is 16.1 Å². The van der Waals surface area contributed by atoms with E-state index in [1.54, 1.807) is 12.1 Å². The van der Waals surface area contributed by atoms with Crippen molar-refractivity contribution in [1.82, 2.24) is 10.4 Å². The van der Waals surface area contributed by atoms with Crippen LogP contribution in [0.5, 0.6) is 0 Å². The third-order valence-electron chi connectivity index (χ3n) is 2.36. The summed E-state index contributed by atoms with van der Waals surface area (Å²) in [6, 6.07) is 4.57. The topological polar surface area (TPSA) is 38.9 Å². The largest absolute Gasteiger partial charge is 0.337 e. The maximum atomic E-state index is 13.3. The molecule has 16 heavy (non-hydrogen) atoms. The Hall–Kier alpha value is -1.20. The summed E-state index contributed by atoms with van der Waals surface area (Å²) in [5.41, 5.74) is 1.10. The van der Waals surface area contributed by atoms with Gasteiger partial charge >= 0.3 is 0 Å². The Morgan fingerprint density at radius 2 is 2.19 bits per heavy atom. The van der Waals surface area contributed by atoms with Crippen LogP contribution in [-0.2, 0) is 0 Å². The van der Waals surface area contributed by atoms with Crippen molar-refractivity contribution in [1.29, 1.82) is 0 Å². The van der Waals surface area contributed by atoms with E-state index in [0.29, 0.717) is 26.3 Å². The highest BCUT2D eigenvalue weighted by Crippen LogP contribution is 2.36. The first-order chi connectivity index (χ1) is 7.68. The van der Waals surface area contributed by atoms with Gasteiger partial charge in [0.2, 0.25) is 0 Å². The molecule has 0 N–H and O–H groups in total. The van der Waals surface area contributed by atoms with Gasteiger partial charge in [0.1, 0.15) is 11.3 Å². The lowest BCUT2D eigenvalue weighted by Crippen LogP contribution is -1.83. The Bertz CT molecular complexity index is 713. The van der Waals surface area contributed by atoms with Crippen molar-refractivity contribution in [3.8, 4) is 0 Å². The Morgan fingerprint density at radius 3 is 3.00 bits per heavy atom. The highest BCUT2D eigenvalue weighted by Gasteiger charge is 2.14. The van der Waals surface area contributed by atoms with Crippen LogP contribution in [0.15, 0.2) is 27.2 Å². The zero-order chi connectivity index (χ0) is 11.3. The SMILES string of the molecule is Fc1ccc2c(c(Br)cc3onnc32)c1Cl. The van der Waals surface area contributed by atoms with Gasteiger partial charge in [0.25, 0.3) is 0 Å². The van der Waals surface area contributed by atoms with Gasteiger partial charge in [-0.15, -0.1) is 5.10 Å². The number of hydrogen-bond donors (Lipinski definition) is 0. The molecule has 3 aromatic rings. The van der Waals surface area contributed by atoms with Crippen molar-refractivity contribution in [3.63, 3.8) is 0 Å². The molecule has 0 amide bonds. The zero-order valence-corrected chi connectivity index (χ0v) is 10.0. The van der Waals surface area contributed by atoms with Crippen LogP contribution < -0.4 is 0 Å². The van der Waals surface area contributed by atoms with E-state index in [9.17, 15) is 4.39 Å². The third-order valence-corrected chi connectivity index (χ3v) is 3.35. The first-order valence-electron chi connectivity index (χ1n) is 4.37. The average molecular weight is 302 g/mol. The van der Waals surface area contributed by atoms with Crippen molar-refractivity contribution in [2.45, 2.75) is 0 Å². The average Bonchev–Trinajstić information content (AvgIpc) is 2.70. The summed E-state index contributed by atoms with van der Waals surface area (Å²) in [7, 11) is 0. The Morgan fingerprint density at radius 1 is 1.38 bits per heavy atom. The number of benzene rings is 2. The van der Waals surface area contributed by atoms with Gasteiger partial charge in [-0.05, 0) is 28.1 Å². The molecule has 0 aliphatic heterocycles. The first kappa shape index (κ1) is 9.99. The normalized spacial score (nSPS) is 11.4. The predicted molar refractivity (Wildman–Crippen MR) is 62.0 cm³/mol. The van der Waals surface area contributed by atoms with E-state index < -0.39 is 5.82 Å². The highest BCUT2D eigenvalue weighted by molar-refractivity contribution is 9.10. The number of halogens is 3. The van der Waals surface area contributed by atoms with Crippen LogP contribution in [0, 0.1) is 5.82 Å². The van der Waals surface area contributed by atoms with E-state index in [1.807, 2.05) is 0 Å². The first-order valence-corrected chi connectivity index (χ1v) is 5.54. The Labute approximate surface area is 102 Å². The molecule has 0 unspecified atom stereocenters. The minimum absolute atomic E-state index is 0.0641. The molecule has 0 aliphatic carbocycles. The van der Waals surface area contributed by atoms with Gasteiger partial charge in [-0.3, -0.25) is 0 Å². The summed E-state index contributed by atoms with van der Waals surface area (Å²) >= 11 is 9.24. The molecule has 1 heterocycles. The maximum absolute atomic E-state index is 13.3. The molecule has 0 bridgehead atoms. The van der Waals surface area contributed by atoms with Gasteiger partial charge in [-0.25, -0.2) is 4.39 Å². The highest BCUT2D eigenvalue weighted by atomic mass is 79.9. The van der Waals surface area contributed by atoms with Crippen LogP contribution in [0.4, 0.5) is 4.39 Å². The maximum Gasteiger partial charge on any atom is 0.189 e. The fourth-order valence-corrected chi connectivity index (χ4v) is 2.65. The molecule has 1 aromatic heterocycles. The number of nitrogens with zero attached hydrogens (tertiary/aromatic N) is 2. The second-order valence-electron chi connectivity index (χ2n) is 3.26. The minimum Gasteiger partial charge on any atom is -0.337 e. The van der Waals surface area contributed by atoms with Crippen LogP contribution in [0.25, 0.3) is 21.9 Å². The van der Waals surface area contributed by atoms with E-state index >= 15 is 0 Å². The molecule has 6 heteroatoms. The predicted octanol–water partition coefficient (Wildman–Crippen LogP) is 3.93. The van der Waals surface area contributed by atoms with Crippen LogP contribution in [0.2, 0.25) is 5.02 Å². The molecule has 0 saturated carbocycles. The van der Waals surface area contributed by atoms with Gasteiger partial charge in [0.15, 0.2) is 5.58 Å². The van der Waals surface area contributed by atoms with Crippen LogP contribution in [-0.4, -0.2) is 10.4 Å². The molecule has 0 spiro atoms. The number of aromatic nitrogens is 2. The third kappa shape index (κ3) is 1.25. The van der Waals surface area contributed by atoms with Gasteiger partial charge < -0.3 is 4.52 Å². The van der Waals surface area contributed by atoms with Gasteiger partial charge in [-0.1, -0.05) is 11.6 Å². The molecule has 0 atom stereocenters.